The highest BCUT2D eigenvalue weighted by molar-refractivity contribution is 4.45. The lowest BCUT2D eigenvalue weighted by atomic mass is 10.6. The van der Waals surface area contributed by atoms with Crippen LogP contribution in [0.2, 0.25) is 0 Å². The van der Waals surface area contributed by atoms with Crippen molar-refractivity contribution in [3.63, 3.8) is 0 Å². The molecule has 0 saturated heterocycles. The standard InChI is InChI=1S/C4H13N3.5N3/c5-1-3-7-4-2-6;5*1-3-2/h7H,1-6H2;;;;;/q;5*-1. The Balaban J connectivity index is -0.0000000371. The van der Waals surface area contributed by atoms with Gasteiger partial charge in [-0.15, -0.1) is 0 Å². The Hall–Kier alpha value is -3.57. The molecule has 18 nitrogen and oxygen atoms in total. The van der Waals surface area contributed by atoms with Gasteiger partial charge in [-0.05, 0) is 0 Å². The maximum Gasteiger partial charge on any atom is 0.00750 e. The first-order chi connectivity index (χ1) is 10.5. The van der Waals surface area contributed by atoms with Gasteiger partial charge in [0, 0.05) is 26.2 Å². The van der Waals surface area contributed by atoms with Gasteiger partial charge in [-0.3, -0.25) is 24.6 Å². The third-order valence-electron chi connectivity index (χ3n) is 0.642. The van der Waals surface area contributed by atoms with E-state index >= 15 is 0 Å². The zero-order valence-electron chi connectivity index (χ0n) is 11.2. The Bertz CT molecular complexity index is 250. The fourth-order valence-electron chi connectivity index (χ4n) is 0.329. The molecule has 0 heterocycles. The lowest BCUT2D eigenvalue weighted by molar-refractivity contribution is 0.696. The van der Waals surface area contributed by atoms with Crippen LogP contribution in [0.5, 0.6) is 0 Å². The SMILES string of the molecule is NCCNCCN.[N-]=[N+]=[N-].[N-]=[N+]=[N-].[N-]=[N+]=[N-].[N-]=[N+]=[N-].[N-]=[N+]=[N-]. The van der Waals surface area contributed by atoms with Crippen molar-refractivity contribution in [1.29, 1.82) is 0 Å². The molecule has 0 amide bonds. The van der Waals surface area contributed by atoms with Gasteiger partial charge in [-0.25, -0.2) is 0 Å². The molecular formula is C4H13N18-5. The maximum absolute atomic E-state index is 6.75. The number of nitrogens with two attached hydrogens (primary N) is 2. The minimum absolute atomic E-state index is 0.694. The number of rotatable bonds is 4. The zero-order valence-corrected chi connectivity index (χ0v) is 11.2. The predicted octanol–water partition coefficient (Wildman–Crippen LogP) is 2.82. The Morgan fingerprint density at radius 1 is 0.500 bits per heavy atom. The van der Waals surface area contributed by atoms with Gasteiger partial charge in [0.25, 0.3) is 0 Å². The molecule has 124 valence electrons. The number of hydrogen-bond donors (Lipinski definition) is 3. The molecule has 18 heteroatoms. The molecule has 0 rings (SSSR count). The molecule has 0 unspecified atom stereocenters. The molecule has 0 spiro atoms. The average molecular weight is 313 g/mol. The van der Waals surface area contributed by atoms with Gasteiger partial charge in [-0.2, -0.15) is 0 Å². The van der Waals surface area contributed by atoms with E-state index < -0.39 is 0 Å². The van der Waals surface area contributed by atoms with Crippen molar-refractivity contribution in [1.82, 2.24) is 5.32 Å². The minimum Gasteiger partial charge on any atom is -0.373 e. The first-order valence-electron chi connectivity index (χ1n) is 4.52. The third-order valence-corrected chi connectivity index (χ3v) is 0.642. The lowest BCUT2D eigenvalue weighted by Gasteiger charge is -1.95. The van der Waals surface area contributed by atoms with Crippen molar-refractivity contribution in [2.24, 2.45) is 11.5 Å². The van der Waals surface area contributed by atoms with E-state index in [2.05, 4.69) is 5.32 Å². The van der Waals surface area contributed by atoms with Gasteiger partial charge in [-0.1, -0.05) is 0 Å². The first-order valence-corrected chi connectivity index (χ1v) is 4.52. The Labute approximate surface area is 124 Å². The highest BCUT2D eigenvalue weighted by Gasteiger charge is 1.76. The van der Waals surface area contributed by atoms with Crippen LogP contribution in [0.25, 0.3) is 79.9 Å². The van der Waals surface area contributed by atoms with E-state index in [0.29, 0.717) is 13.1 Å². The van der Waals surface area contributed by atoms with Gasteiger partial charge < -0.3 is 72.1 Å². The van der Waals surface area contributed by atoms with Crippen LogP contribution in [0.1, 0.15) is 0 Å². The number of hydrogen-bond acceptors (Lipinski definition) is 3. The number of nitrogens with one attached hydrogen (secondary N) is 1. The minimum atomic E-state index is 0.694. The summed E-state index contributed by atoms with van der Waals surface area (Å²) in [5, 5.41) is 3.03. The summed E-state index contributed by atoms with van der Waals surface area (Å²) >= 11 is 0. The Morgan fingerprint density at radius 3 is 0.727 bits per heavy atom. The van der Waals surface area contributed by atoms with Crippen LogP contribution >= 0.6 is 0 Å². The highest BCUT2D eigenvalue weighted by Crippen LogP contribution is 1.49. The second-order valence-corrected chi connectivity index (χ2v) is 1.77. The van der Waals surface area contributed by atoms with E-state index in [4.69, 9.17) is 66.8 Å². The molecule has 0 bridgehead atoms. The molecule has 0 atom stereocenters. The van der Waals surface area contributed by atoms with Gasteiger partial charge in [0.2, 0.25) is 0 Å². The van der Waals surface area contributed by atoms with Crippen LogP contribution in [-0.4, -0.2) is 26.2 Å². The molecule has 0 aromatic carbocycles. The van der Waals surface area contributed by atoms with E-state index in [1.54, 1.807) is 0 Å². The fraction of sp³-hybridized carbons (Fsp3) is 1.00. The second kappa shape index (κ2) is 114. The first kappa shape index (κ1) is 36.2. The second-order valence-electron chi connectivity index (χ2n) is 1.77. The van der Waals surface area contributed by atoms with Crippen LogP contribution in [0, 0.1) is 0 Å². The smallest absolute Gasteiger partial charge is 0.00750 e. The summed E-state index contributed by atoms with van der Waals surface area (Å²) in [5.74, 6) is 0. The van der Waals surface area contributed by atoms with E-state index in [0.717, 1.165) is 13.1 Å². The molecule has 22 heavy (non-hydrogen) atoms. The van der Waals surface area contributed by atoms with E-state index in [9.17, 15) is 0 Å². The monoisotopic (exact) mass is 313 g/mol. The van der Waals surface area contributed by atoms with Crippen molar-refractivity contribution in [3.05, 3.63) is 79.9 Å². The molecule has 0 fully saturated rings. The van der Waals surface area contributed by atoms with E-state index in [1.165, 1.54) is 24.6 Å². The molecule has 0 aliphatic heterocycles. The molecular weight excluding hydrogens is 300 g/mol. The predicted molar refractivity (Wildman–Crippen MR) is 81.4 cm³/mol. The average Bonchev–Trinajstić information content (AvgIpc) is 2.44. The summed E-state index contributed by atoms with van der Waals surface area (Å²) in [6, 6.07) is 0. The Morgan fingerprint density at radius 2 is 0.636 bits per heavy atom. The van der Waals surface area contributed by atoms with Gasteiger partial charge >= 0.3 is 0 Å². The summed E-state index contributed by atoms with van der Waals surface area (Å²) in [6.07, 6.45) is 0. The van der Waals surface area contributed by atoms with Crippen molar-refractivity contribution in [2.75, 3.05) is 26.2 Å². The molecule has 0 aromatic rings. The zero-order chi connectivity index (χ0) is 19.1. The highest BCUT2D eigenvalue weighted by atomic mass is 15.0. The third kappa shape index (κ3) is 21200. The molecule has 0 aromatic heterocycles. The lowest BCUT2D eigenvalue weighted by Crippen LogP contribution is -2.27. The molecule has 0 radical (unpaired) electrons. The molecule has 0 aliphatic carbocycles. The largest absolute Gasteiger partial charge is 0.373 e. The van der Waals surface area contributed by atoms with E-state index in [1.807, 2.05) is 0 Å². The molecule has 5 N–H and O–H groups in total. The Kier molecular flexibility index (Phi) is 187. The van der Waals surface area contributed by atoms with Crippen molar-refractivity contribution in [2.45, 2.75) is 0 Å². The topological polar surface area (TPSA) is 358 Å². The summed E-state index contributed by atoms with van der Waals surface area (Å²) in [5.41, 5.74) is 77.8. The molecule has 0 saturated carbocycles. The summed E-state index contributed by atoms with van der Waals surface area (Å²) in [6.45, 7) is 3.13. The summed E-state index contributed by atoms with van der Waals surface area (Å²) < 4.78 is 0. The van der Waals surface area contributed by atoms with Gasteiger partial charge in [0.1, 0.15) is 0 Å². The van der Waals surface area contributed by atoms with Crippen molar-refractivity contribution >= 4 is 0 Å². The molecule has 0 aliphatic rings. The quantitative estimate of drug-likeness (QED) is 0.304. The fourth-order valence-corrected chi connectivity index (χ4v) is 0.329. The van der Waals surface area contributed by atoms with E-state index in [-0.39, 0.29) is 0 Å². The van der Waals surface area contributed by atoms with Crippen molar-refractivity contribution < 1.29 is 0 Å². The number of nitrogens with zero attached hydrogens (tertiary/aromatic N) is 15. The van der Waals surface area contributed by atoms with Crippen LogP contribution in [0.4, 0.5) is 0 Å². The van der Waals surface area contributed by atoms with Crippen LogP contribution in [0.3, 0.4) is 0 Å². The van der Waals surface area contributed by atoms with Gasteiger partial charge in [0.05, 0.1) is 0 Å². The normalized spacial score (nSPS) is 4.82. The van der Waals surface area contributed by atoms with Crippen molar-refractivity contribution in [3.8, 4) is 0 Å². The van der Waals surface area contributed by atoms with Crippen LogP contribution in [-0.2, 0) is 0 Å². The van der Waals surface area contributed by atoms with Crippen LogP contribution < -0.4 is 16.8 Å². The van der Waals surface area contributed by atoms with Gasteiger partial charge in [0.15, 0.2) is 0 Å². The summed E-state index contributed by atoms with van der Waals surface area (Å²) in [7, 11) is 0. The maximum atomic E-state index is 6.75. The summed E-state index contributed by atoms with van der Waals surface area (Å²) in [4.78, 5) is 7.50. The van der Waals surface area contributed by atoms with Crippen LogP contribution in [0.15, 0.2) is 0 Å².